The van der Waals surface area contributed by atoms with Crippen LogP contribution in [0.5, 0.6) is 0 Å². The van der Waals surface area contributed by atoms with E-state index in [1.165, 1.54) is 12.8 Å². The third kappa shape index (κ3) is 6.29. The van der Waals surface area contributed by atoms with E-state index in [1.807, 2.05) is 60.7 Å². The molecule has 1 fully saturated rings. The fourth-order valence-electron chi connectivity index (χ4n) is 4.12. The number of carbonyl (C=O) groups excluding carboxylic acids is 1. The summed E-state index contributed by atoms with van der Waals surface area (Å²) in [6.07, 6.45) is 3.27. The minimum atomic E-state index is 0.0255. The first-order chi connectivity index (χ1) is 16.1. The van der Waals surface area contributed by atoms with Gasteiger partial charge >= 0.3 is 0 Å². The molecular formula is C26H31N5O2. The van der Waals surface area contributed by atoms with E-state index in [0.29, 0.717) is 29.5 Å². The van der Waals surface area contributed by atoms with E-state index in [4.69, 9.17) is 10.3 Å². The number of nitrogens with two attached hydrogens (primary N) is 1. The highest BCUT2D eigenvalue weighted by Gasteiger charge is 2.15. The first kappa shape index (κ1) is 22.7. The highest BCUT2D eigenvalue weighted by molar-refractivity contribution is 6.09. The van der Waals surface area contributed by atoms with E-state index in [2.05, 4.69) is 27.3 Å². The number of aliphatic imine (C=N–C) groups is 1. The third-order valence-electron chi connectivity index (χ3n) is 5.95. The number of nitrogens with zero attached hydrogens (tertiary/aromatic N) is 3. The van der Waals surface area contributed by atoms with Gasteiger partial charge in [-0.15, -0.1) is 0 Å². The van der Waals surface area contributed by atoms with Crippen LogP contribution in [0.3, 0.4) is 0 Å². The Kier molecular flexibility index (Phi) is 7.52. The lowest BCUT2D eigenvalue weighted by Gasteiger charge is -2.12. The van der Waals surface area contributed by atoms with Crippen LogP contribution in [0, 0.1) is 0 Å². The first-order valence-corrected chi connectivity index (χ1v) is 11.5. The number of likely N-dealkylation sites (tertiary alicyclic amines) is 1. The van der Waals surface area contributed by atoms with Gasteiger partial charge in [-0.3, -0.25) is 15.1 Å². The zero-order valence-electron chi connectivity index (χ0n) is 19.0. The number of hydrogen-bond acceptors (Lipinski definition) is 5. The molecule has 172 valence electrons. The molecule has 3 N–H and O–H groups in total. The van der Waals surface area contributed by atoms with E-state index in [9.17, 15) is 4.79 Å². The Morgan fingerprint density at radius 1 is 1.12 bits per heavy atom. The maximum absolute atomic E-state index is 12.7. The maximum atomic E-state index is 12.7. The van der Waals surface area contributed by atoms with Crippen LogP contribution in [0.1, 0.15) is 52.9 Å². The van der Waals surface area contributed by atoms with Crippen molar-refractivity contribution in [1.29, 1.82) is 0 Å². The molecule has 3 aromatic rings. The molecule has 4 rings (SSSR count). The molecule has 0 spiro atoms. The number of hydrogen-bond donors (Lipinski definition) is 2. The molecule has 1 aliphatic rings. The second-order valence-corrected chi connectivity index (χ2v) is 8.56. The number of benzene rings is 2. The molecule has 2 aromatic carbocycles. The van der Waals surface area contributed by atoms with Gasteiger partial charge in [-0.1, -0.05) is 60.6 Å². The van der Waals surface area contributed by atoms with Crippen molar-refractivity contribution in [2.75, 3.05) is 31.5 Å². The Bertz CT molecular complexity index is 1090. The van der Waals surface area contributed by atoms with E-state index < -0.39 is 0 Å². The lowest BCUT2D eigenvalue weighted by Crippen LogP contribution is -2.26. The van der Waals surface area contributed by atoms with Crippen molar-refractivity contribution in [3.63, 3.8) is 0 Å². The maximum Gasteiger partial charge on any atom is 0.231 e. The molecule has 0 aliphatic carbocycles. The van der Waals surface area contributed by atoms with Crippen molar-refractivity contribution in [2.45, 2.75) is 32.1 Å². The van der Waals surface area contributed by atoms with Crippen molar-refractivity contribution in [3.8, 4) is 0 Å². The number of nitrogens with one attached hydrogen (secondary N) is 1. The minimum absolute atomic E-state index is 0.0255. The van der Waals surface area contributed by atoms with Gasteiger partial charge in [0.25, 0.3) is 0 Å². The van der Waals surface area contributed by atoms with Crippen molar-refractivity contribution in [2.24, 2.45) is 10.7 Å². The Balaban J connectivity index is 1.33. The van der Waals surface area contributed by atoms with Crippen LogP contribution in [0.15, 0.2) is 70.2 Å². The smallest absolute Gasteiger partial charge is 0.231 e. The summed E-state index contributed by atoms with van der Waals surface area (Å²) < 4.78 is 5.41. The van der Waals surface area contributed by atoms with Crippen LogP contribution in [-0.2, 0) is 6.42 Å². The van der Waals surface area contributed by atoms with Gasteiger partial charge < -0.3 is 15.2 Å². The van der Waals surface area contributed by atoms with E-state index in [1.54, 1.807) is 0 Å². The summed E-state index contributed by atoms with van der Waals surface area (Å²) in [6.45, 7) is 5.97. The van der Waals surface area contributed by atoms with E-state index >= 15 is 0 Å². The number of rotatable bonds is 9. The summed E-state index contributed by atoms with van der Waals surface area (Å²) >= 11 is 0. The highest BCUT2D eigenvalue weighted by Crippen LogP contribution is 2.23. The minimum Gasteiger partial charge on any atom is -0.370 e. The number of aromatic nitrogens is 1. The van der Waals surface area contributed by atoms with Crippen LogP contribution < -0.4 is 11.1 Å². The fourth-order valence-corrected chi connectivity index (χ4v) is 4.12. The SMILES string of the molecule is CC(Cc1cccc(C(=O)c2ccccc2)c1)c1cc(NC(N)=NCCN2CCCC2)on1. The van der Waals surface area contributed by atoms with Gasteiger partial charge in [-0.25, -0.2) is 0 Å². The van der Waals surface area contributed by atoms with Crippen LogP contribution in [-0.4, -0.2) is 48.0 Å². The molecule has 7 nitrogen and oxygen atoms in total. The molecule has 0 saturated carbocycles. The van der Waals surface area contributed by atoms with Gasteiger partial charge in [-0.2, -0.15) is 0 Å². The van der Waals surface area contributed by atoms with Crippen LogP contribution in [0.2, 0.25) is 0 Å². The zero-order valence-corrected chi connectivity index (χ0v) is 19.0. The fraction of sp³-hybridized carbons (Fsp3) is 0.346. The Hall–Kier alpha value is -3.45. The molecule has 1 saturated heterocycles. The standard InChI is InChI=1S/C26H31N5O2/c1-19(16-20-8-7-11-22(17-20)25(32)21-9-3-2-4-10-21)23-18-24(33-30-23)29-26(27)28-12-15-31-13-5-6-14-31/h2-4,7-11,17-19H,5-6,12-16H2,1H3,(H3,27,28,29). The Morgan fingerprint density at radius 3 is 2.67 bits per heavy atom. The van der Waals surface area contributed by atoms with Gasteiger partial charge in [0.2, 0.25) is 5.88 Å². The molecule has 0 amide bonds. The summed E-state index contributed by atoms with van der Waals surface area (Å²) in [5, 5.41) is 7.17. The highest BCUT2D eigenvalue weighted by atomic mass is 16.5. The molecule has 1 unspecified atom stereocenters. The van der Waals surface area contributed by atoms with Crippen molar-refractivity contribution < 1.29 is 9.32 Å². The lowest BCUT2D eigenvalue weighted by atomic mass is 9.95. The van der Waals surface area contributed by atoms with E-state index in [-0.39, 0.29) is 11.7 Å². The average molecular weight is 446 g/mol. The summed E-state index contributed by atoms with van der Waals surface area (Å²) in [5.41, 5.74) is 9.26. The number of guanidine groups is 1. The quantitative estimate of drug-likeness (QED) is 0.293. The van der Waals surface area contributed by atoms with Crippen molar-refractivity contribution in [1.82, 2.24) is 10.1 Å². The zero-order chi connectivity index (χ0) is 23.0. The number of carbonyl (C=O) groups is 1. The van der Waals surface area contributed by atoms with Gasteiger partial charge in [0.1, 0.15) is 0 Å². The van der Waals surface area contributed by atoms with Gasteiger partial charge in [0, 0.05) is 29.7 Å². The lowest BCUT2D eigenvalue weighted by molar-refractivity contribution is 0.103. The average Bonchev–Trinajstić information content (AvgIpc) is 3.52. The van der Waals surface area contributed by atoms with Crippen molar-refractivity contribution in [3.05, 3.63) is 83.0 Å². The molecule has 1 aliphatic heterocycles. The summed E-state index contributed by atoms with van der Waals surface area (Å²) in [4.78, 5) is 19.5. The van der Waals surface area contributed by atoms with E-state index in [0.717, 1.165) is 37.3 Å². The van der Waals surface area contributed by atoms with Gasteiger partial charge in [-0.05, 0) is 44.0 Å². The normalized spacial score (nSPS) is 15.5. The molecule has 33 heavy (non-hydrogen) atoms. The molecule has 1 atom stereocenters. The molecule has 7 heteroatoms. The van der Waals surface area contributed by atoms with Crippen LogP contribution in [0.25, 0.3) is 0 Å². The second kappa shape index (κ2) is 10.9. The number of anilines is 1. The second-order valence-electron chi connectivity index (χ2n) is 8.56. The number of ketones is 1. The topological polar surface area (TPSA) is 96.8 Å². The molecule has 0 radical (unpaired) electrons. The summed E-state index contributed by atoms with van der Waals surface area (Å²) in [5.74, 6) is 0.946. The monoisotopic (exact) mass is 445 g/mol. The summed E-state index contributed by atoms with van der Waals surface area (Å²) in [7, 11) is 0. The Labute approximate surface area is 194 Å². The van der Waals surface area contributed by atoms with Crippen molar-refractivity contribution >= 4 is 17.6 Å². The van der Waals surface area contributed by atoms with Crippen LogP contribution in [0.4, 0.5) is 5.88 Å². The molecule has 0 bridgehead atoms. The predicted octanol–water partition coefficient (Wildman–Crippen LogP) is 4.07. The summed E-state index contributed by atoms with van der Waals surface area (Å²) in [6, 6.07) is 18.9. The van der Waals surface area contributed by atoms with Gasteiger partial charge in [0.15, 0.2) is 11.7 Å². The largest absolute Gasteiger partial charge is 0.370 e. The Morgan fingerprint density at radius 2 is 1.88 bits per heavy atom. The predicted molar refractivity (Wildman–Crippen MR) is 131 cm³/mol. The molecule has 1 aromatic heterocycles. The molecule has 2 heterocycles. The van der Waals surface area contributed by atoms with Gasteiger partial charge in [0.05, 0.1) is 12.2 Å². The first-order valence-electron chi connectivity index (χ1n) is 11.5. The van der Waals surface area contributed by atoms with Crippen LogP contribution >= 0.6 is 0 Å². The molecular weight excluding hydrogens is 414 g/mol. The third-order valence-corrected chi connectivity index (χ3v) is 5.95.